The number of rotatable bonds is 5. The quantitative estimate of drug-likeness (QED) is 0.758. The molecule has 0 aliphatic carbocycles. The maximum absolute atomic E-state index is 13.2. The Kier molecular flexibility index (Phi) is 5.02. The Morgan fingerprint density at radius 1 is 1.15 bits per heavy atom. The minimum absolute atomic E-state index is 0.152. The predicted molar refractivity (Wildman–Crippen MR) is 99.7 cm³/mol. The average Bonchev–Trinajstić information content (AvgIpc) is 2.62. The molecule has 0 saturated carbocycles. The third-order valence-corrected chi connectivity index (χ3v) is 4.09. The summed E-state index contributed by atoms with van der Waals surface area (Å²) >= 11 is 0. The molecule has 3 rings (SSSR count). The molecule has 0 unspecified atom stereocenters. The average molecular weight is 353 g/mol. The van der Waals surface area contributed by atoms with Gasteiger partial charge < -0.3 is 14.6 Å². The van der Waals surface area contributed by atoms with Crippen LogP contribution in [0.3, 0.4) is 0 Å². The number of aryl methyl sites for hydroxylation is 2. The zero-order chi connectivity index (χ0) is 18.7. The molecule has 0 aliphatic rings. The number of nitrogens with one attached hydrogen (secondary N) is 1. The zero-order valence-corrected chi connectivity index (χ0v) is 14.9. The highest BCUT2D eigenvalue weighted by atomic mass is 19.1. The van der Waals surface area contributed by atoms with Gasteiger partial charge in [0.1, 0.15) is 5.82 Å². The standard InChI is InChI=1S/C20H20FN3O2/c1-13-4-5-14(2)17(10-13)22-20-23-19(25)18(26-3)12-24(20)11-15-6-8-16(21)9-7-15/h4-10,12H,11H2,1-3H3,(H,22,23,25). The number of hydrogen-bond donors (Lipinski definition) is 1. The molecular formula is C20H20FN3O2. The lowest BCUT2D eigenvalue weighted by atomic mass is 10.1. The van der Waals surface area contributed by atoms with Crippen LogP contribution in [0.15, 0.2) is 53.5 Å². The monoisotopic (exact) mass is 353 g/mol. The van der Waals surface area contributed by atoms with Gasteiger partial charge in [0.25, 0.3) is 0 Å². The molecule has 0 saturated heterocycles. The fourth-order valence-corrected chi connectivity index (χ4v) is 2.61. The number of methoxy groups -OCH3 is 1. The van der Waals surface area contributed by atoms with Gasteiger partial charge in [-0.25, -0.2) is 4.39 Å². The van der Waals surface area contributed by atoms with E-state index in [0.29, 0.717) is 12.5 Å². The summed E-state index contributed by atoms with van der Waals surface area (Å²) in [5, 5.41) is 3.23. The van der Waals surface area contributed by atoms with Gasteiger partial charge in [-0.05, 0) is 48.7 Å². The third-order valence-electron chi connectivity index (χ3n) is 4.09. The van der Waals surface area contributed by atoms with Crippen LogP contribution in [0.25, 0.3) is 0 Å². The first-order chi connectivity index (χ1) is 12.5. The highest BCUT2D eigenvalue weighted by Crippen LogP contribution is 2.21. The van der Waals surface area contributed by atoms with E-state index >= 15 is 0 Å². The fourth-order valence-electron chi connectivity index (χ4n) is 2.61. The second kappa shape index (κ2) is 7.39. The summed E-state index contributed by atoms with van der Waals surface area (Å²) in [6, 6.07) is 12.2. The maximum atomic E-state index is 13.2. The zero-order valence-electron chi connectivity index (χ0n) is 14.9. The molecule has 0 radical (unpaired) electrons. The first-order valence-electron chi connectivity index (χ1n) is 8.20. The summed E-state index contributed by atoms with van der Waals surface area (Å²) in [5.41, 5.74) is 3.43. The van der Waals surface area contributed by atoms with E-state index in [0.717, 1.165) is 22.4 Å². The lowest BCUT2D eigenvalue weighted by Crippen LogP contribution is -2.19. The van der Waals surface area contributed by atoms with Crippen LogP contribution in [0, 0.1) is 19.7 Å². The molecule has 1 N–H and O–H groups in total. The Hall–Kier alpha value is -3.15. The number of anilines is 2. The van der Waals surface area contributed by atoms with Crippen molar-refractivity contribution in [3.63, 3.8) is 0 Å². The van der Waals surface area contributed by atoms with Crippen molar-refractivity contribution in [2.24, 2.45) is 0 Å². The summed E-state index contributed by atoms with van der Waals surface area (Å²) in [5.74, 6) is 0.255. The number of benzene rings is 2. The molecule has 5 nitrogen and oxygen atoms in total. The van der Waals surface area contributed by atoms with Crippen LogP contribution in [0.2, 0.25) is 0 Å². The molecule has 0 aliphatic heterocycles. The Bertz CT molecular complexity index is 981. The molecule has 1 heterocycles. The minimum Gasteiger partial charge on any atom is -0.490 e. The molecule has 0 amide bonds. The number of halogens is 1. The Morgan fingerprint density at radius 2 is 1.88 bits per heavy atom. The van der Waals surface area contributed by atoms with E-state index in [1.807, 2.05) is 32.0 Å². The Balaban J connectivity index is 2.02. The number of ether oxygens (including phenoxy) is 1. The molecule has 26 heavy (non-hydrogen) atoms. The van der Waals surface area contributed by atoms with Gasteiger partial charge in [-0.15, -0.1) is 0 Å². The van der Waals surface area contributed by atoms with Crippen LogP contribution >= 0.6 is 0 Å². The molecule has 0 atom stereocenters. The van der Waals surface area contributed by atoms with Crippen molar-refractivity contribution in [1.82, 2.24) is 9.55 Å². The first kappa shape index (κ1) is 17.7. The van der Waals surface area contributed by atoms with Crippen molar-refractivity contribution < 1.29 is 9.13 Å². The molecule has 134 valence electrons. The highest BCUT2D eigenvalue weighted by molar-refractivity contribution is 5.59. The van der Waals surface area contributed by atoms with Crippen molar-refractivity contribution >= 4 is 11.6 Å². The van der Waals surface area contributed by atoms with E-state index in [1.165, 1.54) is 19.2 Å². The smallest absolute Gasteiger partial charge is 0.316 e. The van der Waals surface area contributed by atoms with Gasteiger partial charge in [0.15, 0.2) is 0 Å². The molecular weight excluding hydrogens is 333 g/mol. The summed E-state index contributed by atoms with van der Waals surface area (Å²) in [7, 11) is 1.43. The van der Waals surface area contributed by atoms with Gasteiger partial charge in [0, 0.05) is 5.69 Å². The van der Waals surface area contributed by atoms with Gasteiger partial charge in [-0.1, -0.05) is 24.3 Å². The summed E-state index contributed by atoms with van der Waals surface area (Å²) < 4.78 is 20.0. The van der Waals surface area contributed by atoms with E-state index in [1.54, 1.807) is 22.9 Å². The molecule has 2 aromatic carbocycles. The molecule has 1 aromatic heterocycles. The minimum atomic E-state index is -0.448. The van der Waals surface area contributed by atoms with Crippen molar-refractivity contribution in [1.29, 1.82) is 0 Å². The summed E-state index contributed by atoms with van der Waals surface area (Å²) in [6.07, 6.45) is 1.60. The Labute approximate surface area is 151 Å². The second-order valence-corrected chi connectivity index (χ2v) is 6.14. The van der Waals surface area contributed by atoms with Crippen LogP contribution in [0.4, 0.5) is 16.0 Å². The van der Waals surface area contributed by atoms with E-state index in [-0.39, 0.29) is 11.6 Å². The Morgan fingerprint density at radius 3 is 2.58 bits per heavy atom. The van der Waals surface area contributed by atoms with Crippen molar-refractivity contribution in [3.05, 3.63) is 81.5 Å². The van der Waals surface area contributed by atoms with E-state index in [4.69, 9.17) is 4.74 Å². The second-order valence-electron chi connectivity index (χ2n) is 6.14. The third kappa shape index (κ3) is 3.91. The van der Waals surface area contributed by atoms with Crippen LogP contribution < -0.4 is 15.6 Å². The predicted octanol–water partition coefficient (Wildman–Crippen LogP) is 3.80. The van der Waals surface area contributed by atoms with E-state index < -0.39 is 5.56 Å². The highest BCUT2D eigenvalue weighted by Gasteiger charge is 2.11. The van der Waals surface area contributed by atoms with Crippen LogP contribution in [-0.2, 0) is 6.54 Å². The lowest BCUT2D eigenvalue weighted by Gasteiger charge is -2.16. The SMILES string of the molecule is COc1cn(Cc2ccc(F)cc2)c(Nc2cc(C)ccc2C)nc1=O. The van der Waals surface area contributed by atoms with Crippen LogP contribution in [-0.4, -0.2) is 16.7 Å². The van der Waals surface area contributed by atoms with Gasteiger partial charge in [0.2, 0.25) is 11.7 Å². The van der Waals surface area contributed by atoms with Gasteiger partial charge in [0.05, 0.1) is 19.9 Å². The number of hydrogen-bond acceptors (Lipinski definition) is 4. The first-order valence-corrected chi connectivity index (χ1v) is 8.20. The van der Waals surface area contributed by atoms with Crippen molar-refractivity contribution in [3.8, 4) is 5.75 Å². The van der Waals surface area contributed by atoms with Gasteiger partial charge in [-0.2, -0.15) is 4.98 Å². The van der Waals surface area contributed by atoms with Crippen molar-refractivity contribution in [2.45, 2.75) is 20.4 Å². The summed E-state index contributed by atoms with van der Waals surface area (Å²) in [4.78, 5) is 16.2. The maximum Gasteiger partial charge on any atom is 0.316 e. The lowest BCUT2D eigenvalue weighted by molar-refractivity contribution is 0.402. The molecule has 0 spiro atoms. The van der Waals surface area contributed by atoms with Gasteiger partial charge >= 0.3 is 5.56 Å². The summed E-state index contributed by atoms with van der Waals surface area (Å²) in [6.45, 7) is 4.39. The van der Waals surface area contributed by atoms with E-state index in [9.17, 15) is 9.18 Å². The normalized spacial score (nSPS) is 10.6. The van der Waals surface area contributed by atoms with E-state index in [2.05, 4.69) is 10.3 Å². The molecule has 0 fully saturated rings. The fraction of sp³-hybridized carbons (Fsp3) is 0.200. The molecule has 0 bridgehead atoms. The number of aromatic nitrogens is 2. The van der Waals surface area contributed by atoms with Gasteiger partial charge in [-0.3, -0.25) is 4.79 Å². The molecule has 6 heteroatoms. The van der Waals surface area contributed by atoms with Crippen LogP contribution in [0.5, 0.6) is 5.75 Å². The topological polar surface area (TPSA) is 56.1 Å². The number of nitrogens with zero attached hydrogens (tertiary/aromatic N) is 2. The molecule has 3 aromatic rings. The van der Waals surface area contributed by atoms with Crippen molar-refractivity contribution in [2.75, 3.05) is 12.4 Å². The largest absolute Gasteiger partial charge is 0.490 e. The van der Waals surface area contributed by atoms with Crippen LogP contribution in [0.1, 0.15) is 16.7 Å².